The average molecular weight is 568 g/mol. The molecule has 0 atom stereocenters. The van der Waals surface area contributed by atoms with Crippen LogP contribution >= 0.6 is 11.3 Å². The first kappa shape index (κ1) is 25.5. The Morgan fingerprint density at radius 3 is 2.14 bits per heavy atom. The Balaban J connectivity index is 1.30. The number of hydrogen-bond acceptors (Lipinski definition) is 1. The summed E-state index contributed by atoms with van der Waals surface area (Å²) >= 11 is 1.82. The maximum absolute atomic E-state index is 3.91. The second-order valence-electron chi connectivity index (χ2n) is 10.9. The number of hydrogen-bond donors (Lipinski definition) is 0. The van der Waals surface area contributed by atoms with Gasteiger partial charge in [-0.2, -0.15) is 0 Å². The topological polar surface area (TPSA) is 4.93 Å². The molecule has 0 saturated carbocycles. The minimum absolute atomic E-state index is 1.16. The van der Waals surface area contributed by atoms with Gasteiger partial charge in [0.2, 0.25) is 0 Å². The predicted octanol–water partition coefficient (Wildman–Crippen LogP) is 10.3. The van der Waals surface area contributed by atoms with Gasteiger partial charge in [0.1, 0.15) is 0 Å². The number of nitrogens with zero attached hydrogens (tertiary/aromatic N) is 1. The first-order chi connectivity index (χ1) is 21.2. The van der Waals surface area contributed by atoms with Crippen LogP contribution < -0.4 is 9.75 Å². The van der Waals surface area contributed by atoms with Crippen LogP contribution in [0.15, 0.2) is 140 Å². The van der Waals surface area contributed by atoms with Crippen molar-refractivity contribution in [2.75, 3.05) is 0 Å². The third-order valence-corrected chi connectivity index (χ3v) is 9.70. The summed E-state index contributed by atoms with van der Waals surface area (Å²) in [5.41, 5.74) is 8.52. The Hall–Kier alpha value is -5.18. The average Bonchev–Trinajstić information content (AvgIpc) is 3.58. The van der Waals surface area contributed by atoms with E-state index in [0.29, 0.717) is 0 Å². The van der Waals surface area contributed by atoms with Crippen molar-refractivity contribution in [3.63, 3.8) is 0 Å². The van der Waals surface area contributed by atoms with Crippen molar-refractivity contribution in [1.82, 2.24) is 4.57 Å². The molecule has 0 saturated heterocycles. The number of allylic oxidation sites excluding steroid dienone is 1. The summed E-state index contributed by atoms with van der Waals surface area (Å²) in [5.74, 6) is 0. The lowest BCUT2D eigenvalue weighted by atomic mass is 9.98. The van der Waals surface area contributed by atoms with E-state index in [1.54, 1.807) is 0 Å². The first-order valence-electron chi connectivity index (χ1n) is 14.7. The van der Waals surface area contributed by atoms with E-state index in [2.05, 4.69) is 158 Å². The van der Waals surface area contributed by atoms with E-state index in [-0.39, 0.29) is 0 Å². The molecule has 204 valence electrons. The molecule has 0 spiro atoms. The van der Waals surface area contributed by atoms with E-state index in [1.165, 1.54) is 74.7 Å². The molecule has 2 heteroatoms. The highest BCUT2D eigenvalue weighted by Gasteiger charge is 2.14. The van der Waals surface area contributed by atoms with Gasteiger partial charge in [0.05, 0.1) is 11.0 Å². The fraction of sp³-hybridized carbons (Fsp3) is 0.0244. The molecule has 0 radical (unpaired) electrons. The van der Waals surface area contributed by atoms with Gasteiger partial charge in [0.25, 0.3) is 0 Å². The van der Waals surface area contributed by atoms with Gasteiger partial charge in [0.15, 0.2) is 0 Å². The molecule has 8 aromatic rings. The van der Waals surface area contributed by atoms with Crippen LogP contribution in [0.5, 0.6) is 0 Å². The summed E-state index contributed by atoms with van der Waals surface area (Å²) in [7, 11) is 0. The van der Waals surface area contributed by atoms with Crippen molar-refractivity contribution in [3.8, 4) is 27.9 Å². The zero-order chi connectivity index (χ0) is 28.9. The summed E-state index contributed by atoms with van der Waals surface area (Å²) < 4.78 is 4.96. The van der Waals surface area contributed by atoms with Crippen molar-refractivity contribution < 1.29 is 0 Å². The van der Waals surface area contributed by atoms with Crippen molar-refractivity contribution in [2.24, 2.45) is 0 Å². The van der Waals surface area contributed by atoms with Gasteiger partial charge in [-0.05, 0) is 87.6 Å². The fourth-order valence-corrected chi connectivity index (χ4v) is 7.69. The first-order valence-corrected chi connectivity index (χ1v) is 15.5. The summed E-state index contributed by atoms with van der Waals surface area (Å²) in [6, 6.07) is 46.7. The number of rotatable bonds is 4. The lowest BCUT2D eigenvalue weighted by Crippen LogP contribution is -2.17. The standard InChI is InChI=1S/C41H29NS/c1-3-10-40-32(4-2)37-25-29(20-24-41(37)43-40)30-19-23-36-35-14-7-8-16-38(35)42(39(36)26-30)31-21-17-28(18-22-31)34-15-9-12-27-11-5-6-13-33(27)34/h3-26H,1H2,2H3/b32-4-,40-10+. The molecule has 43 heavy (non-hydrogen) atoms. The number of aromatic nitrogens is 1. The zero-order valence-corrected chi connectivity index (χ0v) is 24.7. The van der Waals surface area contributed by atoms with E-state index in [4.69, 9.17) is 0 Å². The maximum atomic E-state index is 3.91. The van der Waals surface area contributed by atoms with Crippen molar-refractivity contribution >= 4 is 66.2 Å². The lowest BCUT2D eigenvalue weighted by molar-refractivity contribution is 1.18. The molecule has 0 unspecified atom stereocenters. The van der Waals surface area contributed by atoms with Gasteiger partial charge >= 0.3 is 0 Å². The highest BCUT2D eigenvalue weighted by molar-refractivity contribution is 7.17. The van der Waals surface area contributed by atoms with E-state index in [0.717, 1.165) is 5.69 Å². The van der Waals surface area contributed by atoms with E-state index < -0.39 is 0 Å². The quantitative estimate of drug-likeness (QED) is 0.199. The Bertz CT molecular complexity index is 2470. The third kappa shape index (κ3) is 4.14. The van der Waals surface area contributed by atoms with Crippen LogP contribution in [0.2, 0.25) is 0 Å². The predicted molar refractivity (Wildman–Crippen MR) is 189 cm³/mol. The highest BCUT2D eigenvalue weighted by atomic mass is 32.1. The molecular weight excluding hydrogens is 539 g/mol. The highest BCUT2D eigenvalue weighted by Crippen LogP contribution is 2.36. The molecule has 0 aliphatic heterocycles. The van der Waals surface area contributed by atoms with Crippen LogP contribution in [-0.2, 0) is 0 Å². The summed E-state index contributed by atoms with van der Waals surface area (Å²) in [4.78, 5) is 0. The van der Waals surface area contributed by atoms with Crippen LogP contribution in [0.3, 0.4) is 0 Å². The lowest BCUT2D eigenvalue weighted by Gasteiger charge is -2.11. The molecule has 2 heterocycles. The van der Waals surface area contributed by atoms with E-state index >= 15 is 0 Å². The van der Waals surface area contributed by atoms with Crippen molar-refractivity contribution in [1.29, 1.82) is 0 Å². The van der Waals surface area contributed by atoms with Crippen LogP contribution in [0.1, 0.15) is 6.92 Å². The van der Waals surface area contributed by atoms with Gasteiger partial charge in [-0.25, -0.2) is 0 Å². The molecule has 0 amide bonds. The summed E-state index contributed by atoms with van der Waals surface area (Å²) in [6.45, 7) is 6.03. The Morgan fingerprint density at radius 1 is 0.605 bits per heavy atom. The van der Waals surface area contributed by atoms with Gasteiger partial charge in [0, 0.05) is 31.1 Å². The summed E-state index contributed by atoms with van der Waals surface area (Å²) in [6.07, 6.45) is 6.19. The maximum Gasteiger partial charge on any atom is 0.0547 e. The zero-order valence-electron chi connectivity index (χ0n) is 23.9. The van der Waals surface area contributed by atoms with Gasteiger partial charge in [-0.1, -0.05) is 110 Å². The van der Waals surface area contributed by atoms with Crippen LogP contribution in [0, 0.1) is 0 Å². The van der Waals surface area contributed by atoms with Crippen molar-refractivity contribution in [2.45, 2.75) is 6.92 Å². The van der Waals surface area contributed by atoms with Crippen molar-refractivity contribution in [3.05, 3.63) is 150 Å². The van der Waals surface area contributed by atoms with Crippen LogP contribution in [0.25, 0.3) is 82.8 Å². The molecule has 0 bridgehead atoms. The SMILES string of the molecule is C=C/C=c1/sc2ccc(-c3ccc4c5ccccc5n(-c5ccc(-c6cccc7ccccc67)cc5)c4c3)cc2/c1=C/C. The molecule has 2 aromatic heterocycles. The molecule has 0 N–H and O–H groups in total. The minimum atomic E-state index is 1.16. The monoisotopic (exact) mass is 567 g/mol. The molecule has 8 rings (SSSR count). The Morgan fingerprint density at radius 2 is 1.30 bits per heavy atom. The second kappa shape index (κ2) is 10.3. The third-order valence-electron chi connectivity index (χ3n) is 8.55. The van der Waals surface area contributed by atoms with E-state index in [9.17, 15) is 0 Å². The fourth-order valence-electron chi connectivity index (χ4n) is 6.54. The van der Waals surface area contributed by atoms with Gasteiger partial charge < -0.3 is 4.57 Å². The number of benzene rings is 6. The minimum Gasteiger partial charge on any atom is -0.309 e. The molecule has 1 nitrogen and oxygen atoms in total. The normalized spacial score (nSPS) is 12.7. The molecular formula is C41H29NS. The largest absolute Gasteiger partial charge is 0.309 e. The molecule has 6 aromatic carbocycles. The summed E-state index contributed by atoms with van der Waals surface area (Å²) in [5, 5.41) is 7.65. The van der Waals surface area contributed by atoms with Gasteiger partial charge in [-0.3, -0.25) is 0 Å². The van der Waals surface area contributed by atoms with Crippen LogP contribution in [0.4, 0.5) is 0 Å². The molecule has 0 fully saturated rings. The Labute approximate surface area is 254 Å². The second-order valence-corrected chi connectivity index (χ2v) is 12.0. The van der Waals surface area contributed by atoms with Crippen LogP contribution in [-0.4, -0.2) is 4.57 Å². The number of para-hydroxylation sites is 1. The molecule has 0 aliphatic carbocycles. The molecule has 0 aliphatic rings. The number of fused-ring (bicyclic) bond motifs is 5. The Kier molecular flexibility index (Phi) is 6.10. The number of thiophene rings is 1. The van der Waals surface area contributed by atoms with Gasteiger partial charge in [-0.15, -0.1) is 11.3 Å². The smallest absolute Gasteiger partial charge is 0.0547 e. The van der Waals surface area contributed by atoms with E-state index in [1.807, 2.05) is 17.4 Å².